The number of hydrogen-bond acceptors (Lipinski definition) is 10. The summed E-state index contributed by atoms with van der Waals surface area (Å²) in [4.78, 5) is 23.8. The van der Waals surface area contributed by atoms with Crippen molar-refractivity contribution < 1.29 is 59.3 Å². The Morgan fingerprint density at radius 2 is 2.00 bits per heavy atom. The standard InChI is InChI=1S/C25H27F5N6O8S/c1-24(2,25(28,29)30)44-23(39)33-14-3-4-18-17(8-14)36(11-15(43-18)10-32-20(38)16-7-13(16)9-31)45(40,41)19-12-35(22(26)27)34-21(19)42-6-5-37/h3-4,8,12-13,15-16,22,37H,5-7,10-11H2,1-2H3,(H,32,38)(H,33,39)/t13-,15+,16-/m1/s1. The quantitative estimate of drug-likeness (QED) is 0.301. The van der Waals surface area contributed by atoms with Gasteiger partial charge in [0.25, 0.3) is 15.9 Å². The number of halogens is 5. The number of fused-ring (bicyclic) bond motifs is 1. The SMILES string of the molecule is CC(C)(OC(=O)Nc1ccc2c(c1)N(S(=O)(=O)c1cn(C(F)F)nc1OCCO)C[C@H](CNC(=O)[C@@H]1C[C@@H]1C#N)O2)C(F)(F)F. The van der Waals surface area contributed by atoms with E-state index < -0.39 is 88.8 Å². The highest BCUT2D eigenvalue weighted by molar-refractivity contribution is 7.93. The first-order chi connectivity index (χ1) is 21.0. The van der Waals surface area contributed by atoms with Crippen LogP contribution in [0, 0.1) is 23.2 Å². The van der Waals surface area contributed by atoms with Crippen LogP contribution in [-0.4, -0.2) is 79.5 Å². The molecule has 1 aromatic carbocycles. The van der Waals surface area contributed by atoms with E-state index in [-0.39, 0.29) is 28.4 Å². The van der Waals surface area contributed by atoms with Crippen LogP contribution in [0.25, 0.3) is 0 Å². The summed E-state index contributed by atoms with van der Waals surface area (Å²) in [6.07, 6.45) is -6.61. The van der Waals surface area contributed by atoms with Crippen molar-refractivity contribution in [3.8, 4) is 17.7 Å². The monoisotopic (exact) mass is 666 g/mol. The van der Waals surface area contributed by atoms with E-state index in [0.717, 1.165) is 6.07 Å². The second-order valence-electron chi connectivity index (χ2n) is 10.4. The molecule has 14 nitrogen and oxygen atoms in total. The van der Waals surface area contributed by atoms with E-state index in [2.05, 4.69) is 20.5 Å². The Morgan fingerprint density at radius 1 is 1.29 bits per heavy atom. The highest BCUT2D eigenvalue weighted by Gasteiger charge is 2.51. The maximum absolute atomic E-state index is 14.0. The topological polar surface area (TPSA) is 185 Å². The van der Waals surface area contributed by atoms with E-state index in [0.29, 0.717) is 30.8 Å². The molecule has 246 valence electrons. The maximum atomic E-state index is 14.0. The Bertz CT molecular complexity index is 1590. The van der Waals surface area contributed by atoms with Gasteiger partial charge < -0.3 is 24.6 Å². The Balaban J connectivity index is 1.67. The van der Waals surface area contributed by atoms with Gasteiger partial charge in [-0.3, -0.25) is 14.4 Å². The van der Waals surface area contributed by atoms with Gasteiger partial charge in [0, 0.05) is 5.69 Å². The Hall–Kier alpha value is -4.38. The number of benzene rings is 1. The first-order valence-corrected chi connectivity index (χ1v) is 14.6. The van der Waals surface area contributed by atoms with Crippen molar-refractivity contribution in [1.82, 2.24) is 15.1 Å². The minimum atomic E-state index is -4.91. The van der Waals surface area contributed by atoms with E-state index in [1.165, 1.54) is 12.1 Å². The molecule has 2 amide bonds. The van der Waals surface area contributed by atoms with Crippen LogP contribution < -0.4 is 24.4 Å². The Morgan fingerprint density at radius 3 is 2.60 bits per heavy atom. The van der Waals surface area contributed by atoms with Crippen LogP contribution in [0.4, 0.5) is 38.1 Å². The van der Waals surface area contributed by atoms with Crippen LogP contribution in [0.5, 0.6) is 11.6 Å². The van der Waals surface area contributed by atoms with Crippen LogP contribution in [0.1, 0.15) is 26.8 Å². The zero-order valence-corrected chi connectivity index (χ0v) is 24.4. The summed E-state index contributed by atoms with van der Waals surface area (Å²) in [6, 6.07) is 5.38. The van der Waals surface area contributed by atoms with Gasteiger partial charge in [0.05, 0.1) is 49.5 Å². The molecule has 0 unspecified atom stereocenters. The van der Waals surface area contributed by atoms with Gasteiger partial charge in [-0.25, -0.2) is 17.9 Å². The third-order valence-electron chi connectivity index (χ3n) is 6.73. The Labute approximate surface area is 252 Å². The first kappa shape index (κ1) is 33.5. The highest BCUT2D eigenvalue weighted by atomic mass is 32.2. The van der Waals surface area contributed by atoms with Gasteiger partial charge in [0.15, 0.2) is 4.90 Å². The third kappa shape index (κ3) is 7.30. The largest absolute Gasteiger partial charge is 0.484 e. The molecular formula is C25H27F5N6O8S. The van der Waals surface area contributed by atoms with Gasteiger partial charge in [-0.2, -0.15) is 27.2 Å². The lowest BCUT2D eigenvalue weighted by Gasteiger charge is -2.35. The van der Waals surface area contributed by atoms with Crippen LogP contribution in [0.3, 0.4) is 0 Å². The van der Waals surface area contributed by atoms with Gasteiger partial charge >= 0.3 is 18.8 Å². The van der Waals surface area contributed by atoms with Crippen molar-refractivity contribution in [2.45, 2.75) is 49.6 Å². The second kappa shape index (κ2) is 12.5. The summed E-state index contributed by atoms with van der Waals surface area (Å²) in [6.45, 7) is -3.88. The normalized spacial score (nSPS) is 19.6. The number of aromatic nitrogens is 2. The number of amides is 2. The minimum absolute atomic E-state index is 0.0241. The summed E-state index contributed by atoms with van der Waals surface area (Å²) >= 11 is 0. The van der Waals surface area contributed by atoms with E-state index in [4.69, 9.17) is 19.8 Å². The number of anilines is 2. The van der Waals surface area contributed by atoms with Gasteiger partial charge in [-0.15, -0.1) is 5.10 Å². The lowest BCUT2D eigenvalue weighted by Crippen LogP contribution is -2.48. The smallest absolute Gasteiger partial charge is 0.427 e. The first-order valence-electron chi connectivity index (χ1n) is 13.2. The van der Waals surface area contributed by atoms with Crippen molar-refractivity contribution in [3.63, 3.8) is 0 Å². The molecule has 2 aromatic rings. The second-order valence-corrected chi connectivity index (χ2v) is 12.3. The van der Waals surface area contributed by atoms with Crippen molar-refractivity contribution in [2.24, 2.45) is 11.8 Å². The number of sulfonamides is 1. The summed E-state index contributed by atoms with van der Waals surface area (Å²) in [7, 11) is -4.85. The number of alkyl halides is 5. The molecule has 1 aromatic heterocycles. The summed E-state index contributed by atoms with van der Waals surface area (Å²) in [5, 5.41) is 26.2. The molecule has 3 N–H and O–H groups in total. The average Bonchev–Trinajstić information content (AvgIpc) is 3.62. The summed E-state index contributed by atoms with van der Waals surface area (Å²) < 4.78 is 111. The molecular weight excluding hydrogens is 639 g/mol. The lowest BCUT2D eigenvalue weighted by atomic mass is 10.1. The number of aliphatic hydroxyl groups is 1. The van der Waals surface area contributed by atoms with E-state index in [9.17, 15) is 40.0 Å². The zero-order valence-electron chi connectivity index (χ0n) is 23.5. The number of hydrogen-bond donors (Lipinski definition) is 3. The van der Waals surface area contributed by atoms with Crippen molar-refractivity contribution in [3.05, 3.63) is 24.4 Å². The fraction of sp³-hybridized carbons (Fsp3) is 0.520. The van der Waals surface area contributed by atoms with Gasteiger partial charge in [0.1, 0.15) is 18.5 Å². The fourth-order valence-corrected chi connectivity index (χ4v) is 5.69. The van der Waals surface area contributed by atoms with Crippen LogP contribution in [-0.2, 0) is 19.6 Å². The van der Waals surface area contributed by atoms with Gasteiger partial charge in [0.2, 0.25) is 11.5 Å². The Kier molecular flexibility index (Phi) is 9.35. The molecule has 1 fully saturated rings. The highest BCUT2D eigenvalue weighted by Crippen LogP contribution is 2.41. The zero-order chi connectivity index (χ0) is 33.3. The molecule has 0 bridgehead atoms. The number of rotatable bonds is 11. The molecule has 20 heteroatoms. The molecule has 1 aliphatic heterocycles. The average molecular weight is 667 g/mol. The fourth-order valence-electron chi connectivity index (χ4n) is 4.13. The number of carbonyl (C=O) groups excluding carboxylic acids is 2. The van der Waals surface area contributed by atoms with Crippen molar-refractivity contribution >= 4 is 33.4 Å². The molecule has 1 saturated carbocycles. The van der Waals surface area contributed by atoms with E-state index in [1.54, 1.807) is 0 Å². The third-order valence-corrected chi connectivity index (χ3v) is 8.49. The molecule has 1 aliphatic carbocycles. The number of nitrogens with zero attached hydrogens (tertiary/aromatic N) is 4. The van der Waals surface area contributed by atoms with E-state index >= 15 is 0 Å². The molecule has 0 spiro atoms. The summed E-state index contributed by atoms with van der Waals surface area (Å²) in [5.41, 5.74) is -3.36. The number of aliphatic hydroxyl groups excluding tert-OH is 1. The van der Waals surface area contributed by atoms with Crippen molar-refractivity contribution in [2.75, 3.05) is 35.9 Å². The molecule has 2 heterocycles. The molecule has 2 aliphatic rings. The molecule has 3 atom stereocenters. The predicted octanol–water partition coefficient (Wildman–Crippen LogP) is 2.77. The molecule has 45 heavy (non-hydrogen) atoms. The molecule has 0 radical (unpaired) electrons. The van der Waals surface area contributed by atoms with E-state index in [1.807, 2.05) is 6.07 Å². The lowest BCUT2D eigenvalue weighted by molar-refractivity contribution is -0.242. The number of nitrogens with one attached hydrogen (secondary N) is 2. The minimum Gasteiger partial charge on any atom is -0.484 e. The van der Waals surface area contributed by atoms with Gasteiger partial charge in [-0.1, -0.05) is 0 Å². The molecule has 0 saturated heterocycles. The number of carbonyl (C=O) groups is 2. The van der Waals surface area contributed by atoms with Crippen LogP contribution in [0.2, 0.25) is 0 Å². The number of ether oxygens (including phenoxy) is 3. The molecule has 4 rings (SSSR count). The van der Waals surface area contributed by atoms with Crippen LogP contribution >= 0.6 is 0 Å². The predicted molar refractivity (Wildman–Crippen MR) is 142 cm³/mol. The maximum Gasteiger partial charge on any atom is 0.427 e. The number of nitriles is 1. The summed E-state index contributed by atoms with van der Waals surface area (Å²) in [5.74, 6) is -2.32. The van der Waals surface area contributed by atoms with Crippen LogP contribution in [0.15, 0.2) is 29.3 Å². The van der Waals surface area contributed by atoms with Gasteiger partial charge in [-0.05, 0) is 38.5 Å². The van der Waals surface area contributed by atoms with Crippen molar-refractivity contribution in [1.29, 1.82) is 5.26 Å².